The van der Waals surface area contributed by atoms with Crippen LogP contribution in [-0.2, 0) is 11.3 Å². The lowest BCUT2D eigenvalue weighted by Gasteiger charge is -2.39. The molecule has 0 fully saturated rings. The lowest BCUT2D eigenvalue weighted by atomic mass is 10.2. The van der Waals surface area contributed by atoms with Gasteiger partial charge in [-0.05, 0) is 43.1 Å². The molecule has 0 amide bonds. The van der Waals surface area contributed by atoms with Gasteiger partial charge < -0.3 is 19.3 Å². The molecule has 0 aromatic heterocycles. The van der Waals surface area contributed by atoms with Crippen molar-refractivity contribution in [2.75, 3.05) is 26.8 Å². The van der Waals surface area contributed by atoms with Gasteiger partial charge in [0.1, 0.15) is 5.75 Å². The first-order chi connectivity index (χ1) is 11.3. The normalized spacial score (nSPS) is 13.2. The van der Waals surface area contributed by atoms with Gasteiger partial charge in [-0.3, -0.25) is 0 Å². The monoisotopic (exact) mass is 363 g/mol. The van der Waals surface area contributed by atoms with E-state index in [4.69, 9.17) is 21.1 Å². The Labute approximate surface area is 146 Å². The SMILES string of the molecule is CC[N+]([O-])(CC)/C(Cl)=C/C(F)(F)CCOCc1ccc(OC)cc1. The number of methoxy groups -OCH3 is 1. The third-order valence-corrected chi connectivity index (χ3v) is 4.17. The Balaban J connectivity index is 2.49. The highest BCUT2D eigenvalue weighted by molar-refractivity contribution is 6.28. The van der Waals surface area contributed by atoms with E-state index in [9.17, 15) is 14.0 Å². The number of hydroxylamine groups is 3. The molecule has 0 radical (unpaired) electrons. The van der Waals surface area contributed by atoms with E-state index in [1.165, 1.54) is 0 Å². The summed E-state index contributed by atoms with van der Waals surface area (Å²) >= 11 is 5.80. The van der Waals surface area contributed by atoms with E-state index in [2.05, 4.69) is 0 Å². The quantitative estimate of drug-likeness (QED) is 0.262. The molecule has 0 aliphatic carbocycles. The van der Waals surface area contributed by atoms with Crippen molar-refractivity contribution in [3.63, 3.8) is 0 Å². The number of alkyl halides is 2. The molecule has 0 atom stereocenters. The van der Waals surface area contributed by atoms with Crippen LogP contribution < -0.4 is 4.74 Å². The summed E-state index contributed by atoms with van der Waals surface area (Å²) in [5.74, 6) is -2.47. The van der Waals surface area contributed by atoms with E-state index in [-0.39, 0.29) is 31.5 Å². The average Bonchev–Trinajstić information content (AvgIpc) is 2.58. The maximum absolute atomic E-state index is 13.9. The van der Waals surface area contributed by atoms with Crippen LogP contribution in [0.5, 0.6) is 5.75 Å². The Morgan fingerprint density at radius 2 is 1.83 bits per heavy atom. The second-order valence-electron chi connectivity index (χ2n) is 5.40. The van der Waals surface area contributed by atoms with Crippen molar-refractivity contribution in [2.24, 2.45) is 0 Å². The first kappa shape index (κ1) is 20.8. The van der Waals surface area contributed by atoms with E-state index in [1.54, 1.807) is 45.2 Å². The maximum atomic E-state index is 13.9. The molecule has 0 saturated carbocycles. The van der Waals surface area contributed by atoms with Crippen molar-refractivity contribution >= 4 is 11.6 Å². The Morgan fingerprint density at radius 3 is 2.33 bits per heavy atom. The van der Waals surface area contributed by atoms with Gasteiger partial charge in [-0.25, -0.2) is 8.78 Å². The number of rotatable bonds is 10. The van der Waals surface area contributed by atoms with Crippen LogP contribution in [0.1, 0.15) is 25.8 Å². The fourth-order valence-corrected chi connectivity index (χ4v) is 2.41. The lowest BCUT2D eigenvalue weighted by Crippen LogP contribution is -2.39. The standard InChI is InChI=1S/C17H24ClF2NO3/c1-4-21(22,5-2)16(18)12-17(19,20)10-11-24-13-14-6-8-15(23-3)9-7-14/h6-9,12H,4-5,10-11,13H2,1-3H3/b16-12+. The van der Waals surface area contributed by atoms with E-state index in [0.717, 1.165) is 11.3 Å². The van der Waals surface area contributed by atoms with Crippen LogP contribution in [-0.4, -0.2) is 37.4 Å². The fourth-order valence-electron chi connectivity index (χ4n) is 2.01. The average molecular weight is 364 g/mol. The molecular weight excluding hydrogens is 340 g/mol. The molecule has 136 valence electrons. The molecule has 4 nitrogen and oxygen atoms in total. The van der Waals surface area contributed by atoms with Gasteiger partial charge in [0.05, 0.1) is 39.5 Å². The molecule has 0 aliphatic rings. The summed E-state index contributed by atoms with van der Waals surface area (Å²) in [6.07, 6.45) is 0.0120. The molecule has 0 aliphatic heterocycles. The number of benzene rings is 1. The molecule has 0 saturated heterocycles. The minimum absolute atomic E-state index is 0.107. The van der Waals surface area contributed by atoms with Crippen LogP contribution >= 0.6 is 11.6 Å². The zero-order chi connectivity index (χ0) is 18.2. The highest BCUT2D eigenvalue weighted by Crippen LogP contribution is 2.28. The van der Waals surface area contributed by atoms with Crippen LogP contribution in [0.25, 0.3) is 0 Å². The second kappa shape index (κ2) is 9.32. The number of hydrogen-bond donors (Lipinski definition) is 0. The van der Waals surface area contributed by atoms with E-state index in [0.29, 0.717) is 6.08 Å². The number of allylic oxidation sites excluding steroid dienone is 1. The molecule has 0 spiro atoms. The number of ether oxygens (including phenoxy) is 2. The summed E-state index contributed by atoms with van der Waals surface area (Å²) < 4.78 is 37.1. The van der Waals surface area contributed by atoms with Gasteiger partial charge >= 0.3 is 0 Å². The summed E-state index contributed by atoms with van der Waals surface area (Å²) in [6.45, 7) is 3.53. The van der Waals surface area contributed by atoms with Crippen molar-refractivity contribution in [1.29, 1.82) is 0 Å². The summed E-state index contributed by atoms with van der Waals surface area (Å²) in [4.78, 5) is 0. The molecule has 1 aromatic rings. The van der Waals surface area contributed by atoms with Gasteiger partial charge in [0.2, 0.25) is 5.16 Å². The van der Waals surface area contributed by atoms with Gasteiger partial charge in [-0.2, -0.15) is 0 Å². The van der Waals surface area contributed by atoms with E-state index >= 15 is 0 Å². The van der Waals surface area contributed by atoms with Crippen molar-refractivity contribution in [2.45, 2.75) is 32.8 Å². The van der Waals surface area contributed by atoms with Gasteiger partial charge in [0.15, 0.2) is 0 Å². The Bertz CT molecular complexity index is 531. The molecule has 0 heterocycles. The third kappa shape index (κ3) is 6.36. The second-order valence-corrected chi connectivity index (χ2v) is 5.79. The smallest absolute Gasteiger partial charge is 0.275 e. The van der Waals surface area contributed by atoms with Crippen LogP contribution in [0.3, 0.4) is 0 Å². The van der Waals surface area contributed by atoms with Gasteiger partial charge in [0.25, 0.3) is 5.92 Å². The highest BCUT2D eigenvalue weighted by atomic mass is 35.5. The number of quaternary nitrogens is 1. The minimum atomic E-state index is -3.19. The van der Waals surface area contributed by atoms with E-state index < -0.39 is 17.0 Å². The maximum Gasteiger partial charge on any atom is 0.275 e. The first-order valence-corrected chi connectivity index (χ1v) is 8.19. The molecule has 24 heavy (non-hydrogen) atoms. The van der Waals surface area contributed by atoms with E-state index in [1.807, 2.05) is 0 Å². The van der Waals surface area contributed by atoms with Gasteiger partial charge in [-0.15, -0.1) is 0 Å². The predicted octanol–water partition coefficient (Wildman–Crippen LogP) is 4.67. The summed E-state index contributed by atoms with van der Waals surface area (Å²) in [5.41, 5.74) is 0.861. The highest BCUT2D eigenvalue weighted by Gasteiger charge is 2.30. The summed E-state index contributed by atoms with van der Waals surface area (Å²) in [5, 5.41) is 11.8. The molecule has 0 bridgehead atoms. The van der Waals surface area contributed by atoms with Crippen LogP contribution in [0.2, 0.25) is 0 Å². The molecule has 1 aromatic carbocycles. The van der Waals surface area contributed by atoms with Crippen LogP contribution in [0, 0.1) is 5.21 Å². The number of nitrogens with zero attached hydrogens (tertiary/aromatic N) is 1. The van der Waals surface area contributed by atoms with Gasteiger partial charge in [-0.1, -0.05) is 12.1 Å². The fraction of sp³-hybridized carbons (Fsp3) is 0.529. The molecular formula is C17H24ClF2NO3. The van der Waals surface area contributed by atoms with Crippen molar-refractivity contribution < 1.29 is 22.9 Å². The largest absolute Gasteiger partial charge is 0.627 e. The number of halogens is 3. The molecule has 0 N–H and O–H groups in total. The minimum Gasteiger partial charge on any atom is -0.627 e. The summed E-state index contributed by atoms with van der Waals surface area (Å²) in [7, 11) is 1.57. The van der Waals surface area contributed by atoms with Crippen molar-refractivity contribution in [3.8, 4) is 5.75 Å². The zero-order valence-electron chi connectivity index (χ0n) is 14.2. The molecule has 0 unspecified atom stereocenters. The lowest BCUT2D eigenvalue weighted by molar-refractivity contribution is -0.832. The van der Waals surface area contributed by atoms with Gasteiger partial charge in [0, 0.05) is 6.42 Å². The summed E-state index contributed by atoms with van der Waals surface area (Å²) in [6, 6.07) is 7.16. The van der Waals surface area contributed by atoms with Crippen molar-refractivity contribution in [3.05, 3.63) is 46.3 Å². The Kier molecular flexibility index (Phi) is 8.09. The predicted molar refractivity (Wildman–Crippen MR) is 90.9 cm³/mol. The van der Waals surface area contributed by atoms with Crippen LogP contribution in [0.4, 0.5) is 8.78 Å². The Morgan fingerprint density at radius 1 is 1.25 bits per heavy atom. The number of hydrogen-bond acceptors (Lipinski definition) is 3. The van der Waals surface area contributed by atoms with Crippen LogP contribution in [0.15, 0.2) is 35.5 Å². The third-order valence-electron chi connectivity index (χ3n) is 3.75. The molecule has 7 heteroatoms. The molecule has 1 rings (SSSR count). The van der Waals surface area contributed by atoms with Crippen molar-refractivity contribution in [1.82, 2.24) is 0 Å². The zero-order valence-corrected chi connectivity index (χ0v) is 15.0. The first-order valence-electron chi connectivity index (χ1n) is 7.82. The Hall–Kier alpha value is -1.21. The topological polar surface area (TPSA) is 41.5 Å².